The van der Waals surface area contributed by atoms with Crippen LogP contribution in [0.2, 0.25) is 5.02 Å². The number of carbonyl (C=O) groups is 3. The minimum atomic E-state index is -1.51. The first-order valence-electron chi connectivity index (χ1n) is 7.09. The number of benzene rings is 1. The van der Waals surface area contributed by atoms with E-state index in [4.69, 9.17) is 11.6 Å². The SMILES string of the molecule is COC(=O)C1=C(C(=O)OC)N(c2c(F)ccc(Cl)c2C(=O)O)C=CC=C1. The third kappa shape index (κ3) is 3.45. The van der Waals surface area contributed by atoms with Gasteiger partial charge in [-0.25, -0.2) is 18.8 Å². The number of carboxylic acid groups (broad SMARTS) is 1. The number of halogens is 2. The van der Waals surface area contributed by atoms with E-state index in [0.29, 0.717) is 0 Å². The molecule has 1 aliphatic rings. The van der Waals surface area contributed by atoms with Gasteiger partial charge in [0.2, 0.25) is 0 Å². The number of rotatable bonds is 4. The third-order valence-corrected chi connectivity index (χ3v) is 3.74. The number of allylic oxidation sites excluding steroid dienone is 2. The highest BCUT2D eigenvalue weighted by molar-refractivity contribution is 6.34. The number of nitrogens with zero attached hydrogens (tertiary/aromatic N) is 1. The molecule has 26 heavy (non-hydrogen) atoms. The minimum Gasteiger partial charge on any atom is -0.478 e. The first-order valence-corrected chi connectivity index (χ1v) is 7.47. The van der Waals surface area contributed by atoms with Crippen LogP contribution in [-0.2, 0) is 19.1 Å². The zero-order valence-electron chi connectivity index (χ0n) is 13.7. The van der Waals surface area contributed by atoms with Gasteiger partial charge < -0.3 is 19.5 Å². The van der Waals surface area contributed by atoms with Crippen LogP contribution in [-0.4, -0.2) is 37.2 Å². The lowest BCUT2D eigenvalue weighted by molar-refractivity contribution is -0.139. The Morgan fingerprint density at radius 3 is 2.35 bits per heavy atom. The number of carboxylic acids is 1. The average molecular weight is 382 g/mol. The Hall–Kier alpha value is -3.13. The molecule has 0 fully saturated rings. The predicted octanol–water partition coefficient (Wildman–Crippen LogP) is 2.67. The minimum absolute atomic E-state index is 0.247. The van der Waals surface area contributed by atoms with Crippen molar-refractivity contribution in [2.45, 2.75) is 0 Å². The van der Waals surface area contributed by atoms with Crippen LogP contribution in [0.1, 0.15) is 10.4 Å². The molecule has 0 atom stereocenters. The second-order valence-corrected chi connectivity index (χ2v) is 5.28. The molecule has 7 nitrogen and oxygen atoms in total. The number of hydrogen-bond acceptors (Lipinski definition) is 6. The maximum absolute atomic E-state index is 14.5. The summed E-state index contributed by atoms with van der Waals surface area (Å²) in [4.78, 5) is 36.9. The van der Waals surface area contributed by atoms with E-state index in [1.807, 2.05) is 0 Å². The summed E-state index contributed by atoms with van der Waals surface area (Å²) in [6, 6.07) is 2.02. The molecular weight excluding hydrogens is 369 g/mol. The topological polar surface area (TPSA) is 93.1 Å². The van der Waals surface area contributed by atoms with Crippen LogP contribution in [0.3, 0.4) is 0 Å². The van der Waals surface area contributed by atoms with E-state index >= 15 is 0 Å². The Labute approximate surface area is 152 Å². The van der Waals surface area contributed by atoms with Gasteiger partial charge in [0, 0.05) is 6.20 Å². The van der Waals surface area contributed by atoms with Crippen molar-refractivity contribution in [2.75, 3.05) is 19.1 Å². The van der Waals surface area contributed by atoms with E-state index in [-0.39, 0.29) is 10.6 Å². The van der Waals surface area contributed by atoms with Gasteiger partial charge >= 0.3 is 17.9 Å². The smallest absolute Gasteiger partial charge is 0.355 e. The van der Waals surface area contributed by atoms with E-state index < -0.39 is 40.7 Å². The fourth-order valence-corrected chi connectivity index (χ4v) is 2.55. The van der Waals surface area contributed by atoms with Gasteiger partial charge in [0.05, 0.1) is 30.5 Å². The lowest BCUT2D eigenvalue weighted by Crippen LogP contribution is -2.29. The molecule has 0 saturated heterocycles. The van der Waals surface area contributed by atoms with Crippen molar-refractivity contribution in [2.24, 2.45) is 0 Å². The lowest BCUT2D eigenvalue weighted by Gasteiger charge is -2.25. The van der Waals surface area contributed by atoms with Gasteiger partial charge in [0.1, 0.15) is 17.1 Å². The summed E-state index contributed by atoms with van der Waals surface area (Å²) in [5.41, 5.74) is -1.77. The number of carbonyl (C=O) groups excluding carboxylic acids is 2. The number of ether oxygens (including phenoxy) is 2. The molecule has 0 saturated carbocycles. The molecule has 0 radical (unpaired) electrons. The van der Waals surface area contributed by atoms with E-state index in [0.717, 1.165) is 31.3 Å². The van der Waals surface area contributed by atoms with Crippen LogP contribution >= 0.6 is 11.6 Å². The molecule has 2 rings (SSSR count). The zero-order valence-corrected chi connectivity index (χ0v) is 14.4. The molecule has 136 valence electrons. The number of esters is 2. The number of aromatic carboxylic acids is 1. The van der Waals surface area contributed by atoms with Crippen LogP contribution in [0.25, 0.3) is 0 Å². The fourth-order valence-electron chi connectivity index (χ4n) is 2.32. The summed E-state index contributed by atoms with van der Waals surface area (Å²) in [5.74, 6) is -4.38. The number of methoxy groups -OCH3 is 2. The molecule has 9 heteroatoms. The van der Waals surface area contributed by atoms with Crippen molar-refractivity contribution < 1.29 is 33.4 Å². The van der Waals surface area contributed by atoms with Crippen LogP contribution in [0.5, 0.6) is 0 Å². The molecular formula is C17H13ClFNO6. The quantitative estimate of drug-likeness (QED) is 0.801. The Bertz CT molecular complexity index is 874. The lowest BCUT2D eigenvalue weighted by atomic mass is 10.1. The van der Waals surface area contributed by atoms with E-state index in [2.05, 4.69) is 9.47 Å². The predicted molar refractivity (Wildman–Crippen MR) is 90.2 cm³/mol. The van der Waals surface area contributed by atoms with Crippen molar-refractivity contribution in [1.29, 1.82) is 0 Å². The van der Waals surface area contributed by atoms with E-state index in [1.165, 1.54) is 24.4 Å². The maximum Gasteiger partial charge on any atom is 0.355 e. The van der Waals surface area contributed by atoms with Gasteiger partial charge in [0.15, 0.2) is 0 Å². The molecule has 0 aromatic heterocycles. The molecule has 0 unspecified atom stereocenters. The normalized spacial score (nSPS) is 13.5. The van der Waals surface area contributed by atoms with Gasteiger partial charge in [0.25, 0.3) is 0 Å². The van der Waals surface area contributed by atoms with Crippen LogP contribution < -0.4 is 4.90 Å². The molecule has 1 aromatic carbocycles. The molecule has 0 aliphatic carbocycles. The monoisotopic (exact) mass is 381 g/mol. The van der Waals surface area contributed by atoms with Crippen molar-refractivity contribution in [1.82, 2.24) is 0 Å². The molecule has 1 aromatic rings. The Balaban J connectivity index is 2.87. The second-order valence-electron chi connectivity index (χ2n) is 4.87. The highest BCUT2D eigenvalue weighted by atomic mass is 35.5. The van der Waals surface area contributed by atoms with Crippen LogP contribution in [0.15, 0.2) is 47.8 Å². The molecule has 1 aliphatic heterocycles. The van der Waals surface area contributed by atoms with Crippen molar-refractivity contribution in [3.8, 4) is 0 Å². The molecule has 0 bridgehead atoms. The summed E-state index contributed by atoms with van der Waals surface area (Å²) in [7, 11) is 2.16. The van der Waals surface area contributed by atoms with E-state index in [1.54, 1.807) is 0 Å². The van der Waals surface area contributed by atoms with Crippen molar-refractivity contribution in [3.63, 3.8) is 0 Å². The average Bonchev–Trinajstić information content (AvgIpc) is 2.84. The third-order valence-electron chi connectivity index (χ3n) is 3.42. The highest BCUT2D eigenvalue weighted by Crippen LogP contribution is 2.35. The number of anilines is 1. The molecule has 1 N–H and O–H groups in total. The Morgan fingerprint density at radius 2 is 1.77 bits per heavy atom. The molecule has 1 heterocycles. The van der Waals surface area contributed by atoms with Crippen molar-refractivity contribution >= 4 is 35.2 Å². The molecule has 0 amide bonds. The van der Waals surface area contributed by atoms with Gasteiger partial charge in [-0.3, -0.25) is 0 Å². The molecule has 0 spiro atoms. The van der Waals surface area contributed by atoms with Gasteiger partial charge in [-0.1, -0.05) is 17.7 Å². The summed E-state index contributed by atoms with van der Waals surface area (Å²) < 4.78 is 23.9. The summed E-state index contributed by atoms with van der Waals surface area (Å²) in [6.45, 7) is 0. The Kier molecular flexibility index (Phi) is 5.78. The maximum atomic E-state index is 14.5. The summed E-state index contributed by atoms with van der Waals surface area (Å²) in [6.07, 6.45) is 5.25. The standard InChI is InChI=1S/C17H13ClFNO6/c1-25-16(23)9-5-3-4-8-20(13(9)17(24)26-2)14-11(19)7-6-10(18)12(14)15(21)22/h3-8H,1-2H3,(H,21,22). The number of hydrogen-bond donors (Lipinski definition) is 1. The van der Waals surface area contributed by atoms with Crippen molar-refractivity contribution in [3.05, 3.63) is 64.2 Å². The first kappa shape index (κ1) is 19.2. The second kappa shape index (κ2) is 7.83. The zero-order chi connectivity index (χ0) is 19.4. The Morgan fingerprint density at radius 1 is 1.12 bits per heavy atom. The van der Waals surface area contributed by atoms with Gasteiger partial charge in [-0.15, -0.1) is 0 Å². The van der Waals surface area contributed by atoms with Crippen LogP contribution in [0.4, 0.5) is 10.1 Å². The first-order chi connectivity index (χ1) is 12.3. The highest BCUT2D eigenvalue weighted by Gasteiger charge is 2.32. The van der Waals surface area contributed by atoms with Gasteiger partial charge in [-0.05, 0) is 24.3 Å². The van der Waals surface area contributed by atoms with Crippen LogP contribution in [0, 0.1) is 5.82 Å². The fraction of sp³-hybridized carbons (Fsp3) is 0.118. The van der Waals surface area contributed by atoms with Gasteiger partial charge in [-0.2, -0.15) is 0 Å². The summed E-state index contributed by atoms with van der Waals surface area (Å²) in [5, 5.41) is 9.19. The largest absolute Gasteiger partial charge is 0.478 e. The van der Waals surface area contributed by atoms with E-state index in [9.17, 15) is 23.9 Å². The summed E-state index contributed by atoms with van der Waals surface area (Å²) >= 11 is 5.91.